The number of aryl methyl sites for hydroxylation is 1. The van der Waals surface area contributed by atoms with Gasteiger partial charge in [0.1, 0.15) is 0 Å². The van der Waals surface area contributed by atoms with Gasteiger partial charge >= 0.3 is 0 Å². The summed E-state index contributed by atoms with van der Waals surface area (Å²) in [4.78, 5) is 8.89. The molecule has 0 bridgehead atoms. The lowest BCUT2D eigenvalue weighted by molar-refractivity contribution is 0.0672. The van der Waals surface area contributed by atoms with Gasteiger partial charge in [-0.25, -0.2) is 19.3 Å². The number of rotatable bonds is 4. The summed E-state index contributed by atoms with van der Waals surface area (Å²) in [5.41, 5.74) is 3.41. The van der Waals surface area contributed by atoms with Crippen molar-refractivity contribution in [2.24, 2.45) is 0 Å². The van der Waals surface area contributed by atoms with Crippen molar-refractivity contribution in [3.8, 4) is 17.2 Å². The van der Waals surface area contributed by atoms with Crippen LogP contribution in [0.2, 0.25) is 0 Å². The first-order valence-electron chi connectivity index (χ1n) is 9.88. The van der Waals surface area contributed by atoms with Crippen molar-refractivity contribution in [3.63, 3.8) is 0 Å². The Morgan fingerprint density at radius 2 is 1.97 bits per heavy atom. The minimum atomic E-state index is -0.544. The molecule has 7 nitrogen and oxygen atoms in total. The number of nitrogens with zero attached hydrogens (tertiary/aromatic N) is 6. The molecular weight excluding hydrogens is 371 g/mol. The molecule has 0 radical (unpaired) electrons. The van der Waals surface area contributed by atoms with E-state index in [0.717, 1.165) is 60.6 Å². The molecule has 0 spiro atoms. The molecule has 1 saturated heterocycles. The summed E-state index contributed by atoms with van der Waals surface area (Å²) >= 11 is 0. The van der Waals surface area contributed by atoms with Gasteiger partial charge in [-0.1, -0.05) is 13.0 Å². The third kappa shape index (κ3) is 3.19. The number of hydrogen-bond donors (Lipinski definition) is 0. The molecule has 5 rings (SSSR count). The fraction of sp³-hybridized carbons (Fsp3) is 0.333. The predicted molar refractivity (Wildman–Crippen MR) is 106 cm³/mol. The molecule has 4 aromatic heterocycles. The van der Waals surface area contributed by atoms with Gasteiger partial charge in [-0.3, -0.25) is 0 Å². The first kappa shape index (κ1) is 17.9. The van der Waals surface area contributed by atoms with E-state index in [0.29, 0.717) is 5.82 Å². The first-order chi connectivity index (χ1) is 14.2. The minimum absolute atomic E-state index is 0.282. The van der Waals surface area contributed by atoms with E-state index in [4.69, 9.17) is 14.8 Å². The Morgan fingerprint density at radius 3 is 2.76 bits per heavy atom. The van der Waals surface area contributed by atoms with Gasteiger partial charge in [-0.15, -0.1) is 0 Å². The highest BCUT2D eigenvalue weighted by Crippen LogP contribution is 2.29. The topological polar surface area (TPSA) is 70.7 Å². The normalized spacial score (nSPS) is 15.2. The Hall–Kier alpha value is -3.13. The van der Waals surface area contributed by atoms with E-state index in [2.05, 4.69) is 27.8 Å². The van der Waals surface area contributed by atoms with Gasteiger partial charge in [0.15, 0.2) is 11.5 Å². The van der Waals surface area contributed by atoms with Gasteiger partial charge in [-0.05, 0) is 49.6 Å². The van der Waals surface area contributed by atoms with Gasteiger partial charge in [-0.2, -0.15) is 14.6 Å². The zero-order valence-corrected chi connectivity index (χ0v) is 16.1. The fourth-order valence-corrected chi connectivity index (χ4v) is 3.86. The van der Waals surface area contributed by atoms with E-state index in [1.807, 2.05) is 12.1 Å². The van der Waals surface area contributed by atoms with Crippen LogP contribution in [0.15, 0.2) is 42.6 Å². The van der Waals surface area contributed by atoms with Crippen LogP contribution in [0, 0.1) is 5.95 Å². The third-order valence-corrected chi connectivity index (χ3v) is 5.33. The van der Waals surface area contributed by atoms with Crippen LogP contribution >= 0.6 is 0 Å². The van der Waals surface area contributed by atoms with Crippen LogP contribution < -0.4 is 0 Å². The van der Waals surface area contributed by atoms with Crippen molar-refractivity contribution in [2.75, 3.05) is 13.2 Å². The summed E-state index contributed by atoms with van der Waals surface area (Å²) in [5.74, 6) is -0.128. The average molecular weight is 392 g/mol. The molecule has 0 N–H and O–H groups in total. The van der Waals surface area contributed by atoms with E-state index in [9.17, 15) is 4.39 Å². The number of pyridine rings is 2. The van der Waals surface area contributed by atoms with E-state index in [1.165, 1.54) is 6.07 Å². The highest BCUT2D eigenvalue weighted by atomic mass is 19.1. The molecule has 4 aromatic rings. The molecule has 0 aliphatic carbocycles. The molecule has 0 aromatic carbocycles. The number of ether oxygens (including phenoxy) is 1. The predicted octanol–water partition coefficient (Wildman–Crippen LogP) is 3.73. The van der Waals surface area contributed by atoms with E-state index in [-0.39, 0.29) is 6.04 Å². The molecule has 148 valence electrons. The van der Waals surface area contributed by atoms with E-state index >= 15 is 0 Å². The van der Waals surface area contributed by atoms with Crippen molar-refractivity contribution in [1.82, 2.24) is 29.5 Å². The zero-order valence-electron chi connectivity index (χ0n) is 16.1. The lowest BCUT2D eigenvalue weighted by Gasteiger charge is -2.22. The van der Waals surface area contributed by atoms with Crippen LogP contribution in [0.3, 0.4) is 0 Å². The van der Waals surface area contributed by atoms with Crippen molar-refractivity contribution in [2.45, 2.75) is 32.2 Å². The van der Waals surface area contributed by atoms with Gasteiger partial charge in [0.2, 0.25) is 5.95 Å². The van der Waals surface area contributed by atoms with Crippen LogP contribution in [-0.4, -0.2) is 42.7 Å². The molecule has 1 aliphatic heterocycles. The Kier molecular flexibility index (Phi) is 4.55. The number of halogens is 1. The second-order valence-electron chi connectivity index (χ2n) is 7.10. The number of hydrogen-bond acceptors (Lipinski definition) is 5. The first-order valence-corrected chi connectivity index (χ1v) is 9.88. The highest BCUT2D eigenvalue weighted by molar-refractivity contribution is 5.81. The second kappa shape index (κ2) is 7.36. The molecule has 0 unspecified atom stereocenters. The van der Waals surface area contributed by atoms with Crippen molar-refractivity contribution >= 4 is 11.0 Å². The van der Waals surface area contributed by atoms with Crippen molar-refractivity contribution in [1.29, 1.82) is 0 Å². The van der Waals surface area contributed by atoms with Gasteiger partial charge < -0.3 is 4.74 Å². The summed E-state index contributed by atoms with van der Waals surface area (Å²) in [6.45, 7) is 3.59. The summed E-state index contributed by atoms with van der Waals surface area (Å²) in [5, 5.41) is 10.3. The van der Waals surface area contributed by atoms with Crippen LogP contribution in [0.5, 0.6) is 0 Å². The SMILES string of the molecule is CCc1nn(C2CCOCC2)c2nc(-c3ccnn3-c3cccc(F)n3)ccc12. The molecule has 1 fully saturated rings. The Balaban J connectivity index is 1.63. The third-order valence-electron chi connectivity index (χ3n) is 5.33. The summed E-state index contributed by atoms with van der Waals surface area (Å²) in [7, 11) is 0. The van der Waals surface area contributed by atoms with Crippen LogP contribution in [0.25, 0.3) is 28.2 Å². The fourth-order valence-electron chi connectivity index (χ4n) is 3.86. The molecule has 0 saturated carbocycles. The largest absolute Gasteiger partial charge is 0.381 e. The maximum Gasteiger partial charge on any atom is 0.214 e. The second-order valence-corrected chi connectivity index (χ2v) is 7.10. The van der Waals surface area contributed by atoms with Gasteiger partial charge in [0.25, 0.3) is 0 Å². The highest BCUT2D eigenvalue weighted by Gasteiger charge is 2.22. The van der Waals surface area contributed by atoms with Crippen molar-refractivity contribution in [3.05, 3.63) is 54.2 Å². The monoisotopic (exact) mass is 392 g/mol. The summed E-state index contributed by atoms with van der Waals surface area (Å²) in [6, 6.07) is 10.8. The standard InChI is InChI=1S/C21H21FN6O/c1-2-16-15-6-7-17(24-21(15)27(26-16)14-9-12-29-13-10-14)18-8-11-23-28(18)20-5-3-4-19(22)25-20/h3-8,11,14H,2,9-10,12-13H2,1H3. The molecule has 29 heavy (non-hydrogen) atoms. The minimum Gasteiger partial charge on any atom is -0.381 e. The summed E-state index contributed by atoms with van der Waals surface area (Å²) in [6.07, 6.45) is 4.37. The zero-order chi connectivity index (χ0) is 19.8. The van der Waals surface area contributed by atoms with Gasteiger partial charge in [0, 0.05) is 18.6 Å². The Bertz CT molecular complexity index is 1160. The molecule has 0 amide bonds. The number of aromatic nitrogens is 6. The summed E-state index contributed by atoms with van der Waals surface area (Å²) < 4.78 is 22.8. The number of fused-ring (bicyclic) bond motifs is 1. The quantitative estimate of drug-likeness (QED) is 0.495. The van der Waals surface area contributed by atoms with E-state index < -0.39 is 5.95 Å². The molecule has 0 atom stereocenters. The maximum atomic E-state index is 13.6. The Labute approximate surface area is 167 Å². The van der Waals surface area contributed by atoms with Crippen LogP contribution in [0.1, 0.15) is 31.5 Å². The van der Waals surface area contributed by atoms with Crippen molar-refractivity contribution < 1.29 is 9.13 Å². The maximum absolute atomic E-state index is 13.6. The van der Waals surface area contributed by atoms with Crippen LogP contribution in [0.4, 0.5) is 4.39 Å². The Morgan fingerprint density at radius 1 is 1.10 bits per heavy atom. The molecule has 1 aliphatic rings. The lowest BCUT2D eigenvalue weighted by atomic mass is 10.1. The van der Waals surface area contributed by atoms with Crippen LogP contribution in [-0.2, 0) is 11.2 Å². The van der Waals surface area contributed by atoms with Gasteiger partial charge in [0.05, 0.1) is 29.3 Å². The molecular formula is C21H21FN6O. The van der Waals surface area contributed by atoms with E-state index in [1.54, 1.807) is 23.0 Å². The molecule has 5 heterocycles. The molecule has 8 heteroatoms. The smallest absolute Gasteiger partial charge is 0.214 e. The lowest BCUT2D eigenvalue weighted by Crippen LogP contribution is -2.21. The average Bonchev–Trinajstić information content (AvgIpc) is 3.39.